The highest BCUT2D eigenvalue weighted by molar-refractivity contribution is 5.71. The first-order chi connectivity index (χ1) is 28.4. The van der Waals surface area contributed by atoms with E-state index in [0.717, 1.165) is 63.7 Å². The molecule has 1 atom stereocenters. The number of unbranched alkanes of at least 4 members (excludes halogenated alkanes) is 34. The molecule has 6 nitrogen and oxygen atoms in total. The summed E-state index contributed by atoms with van der Waals surface area (Å²) in [6.07, 6.45) is 48.2. The fraction of sp³-hybridized carbons (Fsp3) is 0.942. The molecule has 0 saturated carbocycles. The van der Waals surface area contributed by atoms with Gasteiger partial charge in [0.2, 0.25) is 0 Å². The van der Waals surface area contributed by atoms with Crippen LogP contribution in [0.3, 0.4) is 0 Å². The Labute approximate surface area is 361 Å². The average molecular weight is 821 g/mol. The monoisotopic (exact) mass is 821 g/mol. The van der Waals surface area contributed by atoms with E-state index in [1.54, 1.807) is 0 Å². The summed E-state index contributed by atoms with van der Waals surface area (Å²) < 4.78 is 16.7. The lowest BCUT2D eigenvalue weighted by molar-refractivity contribution is -0.167. The molecule has 0 aliphatic carbocycles. The Balaban J connectivity index is 4.15. The van der Waals surface area contributed by atoms with Crippen molar-refractivity contribution in [2.45, 2.75) is 297 Å². The van der Waals surface area contributed by atoms with Crippen molar-refractivity contribution >= 4 is 17.9 Å². The summed E-state index contributed by atoms with van der Waals surface area (Å²) in [7, 11) is 0. The quantitative estimate of drug-likeness (QED) is 0.0346. The van der Waals surface area contributed by atoms with Crippen LogP contribution >= 0.6 is 0 Å². The summed E-state index contributed by atoms with van der Waals surface area (Å²) in [5, 5.41) is 0. The van der Waals surface area contributed by atoms with Gasteiger partial charge >= 0.3 is 17.9 Å². The molecule has 0 fully saturated rings. The first-order valence-corrected chi connectivity index (χ1v) is 25.9. The van der Waals surface area contributed by atoms with E-state index < -0.39 is 6.10 Å². The van der Waals surface area contributed by atoms with Gasteiger partial charge in [0.1, 0.15) is 13.2 Å². The van der Waals surface area contributed by atoms with E-state index in [9.17, 15) is 14.4 Å². The number of rotatable bonds is 47. The number of carbonyl (C=O) groups excluding carboxylic acids is 3. The fourth-order valence-electron chi connectivity index (χ4n) is 7.86. The van der Waals surface area contributed by atoms with Crippen LogP contribution in [-0.2, 0) is 28.6 Å². The van der Waals surface area contributed by atoms with Crippen LogP contribution in [0.25, 0.3) is 0 Å². The van der Waals surface area contributed by atoms with Crippen molar-refractivity contribution < 1.29 is 28.6 Å². The van der Waals surface area contributed by atoms with Crippen LogP contribution in [0, 0.1) is 5.92 Å². The van der Waals surface area contributed by atoms with E-state index in [1.807, 2.05) is 0 Å². The van der Waals surface area contributed by atoms with Gasteiger partial charge in [0.15, 0.2) is 6.10 Å². The summed E-state index contributed by atoms with van der Waals surface area (Å²) >= 11 is 0. The van der Waals surface area contributed by atoms with E-state index in [4.69, 9.17) is 14.2 Å². The highest BCUT2D eigenvalue weighted by atomic mass is 16.6. The first-order valence-electron chi connectivity index (χ1n) is 25.9. The number of hydrogen-bond acceptors (Lipinski definition) is 6. The predicted molar refractivity (Wildman–Crippen MR) is 247 cm³/mol. The summed E-state index contributed by atoms with van der Waals surface area (Å²) in [6, 6.07) is 0. The maximum absolute atomic E-state index is 12.7. The highest BCUT2D eigenvalue weighted by Crippen LogP contribution is 2.17. The molecule has 0 radical (unpaired) electrons. The Morgan fingerprint density at radius 2 is 0.569 bits per heavy atom. The molecule has 58 heavy (non-hydrogen) atoms. The van der Waals surface area contributed by atoms with Crippen LogP contribution in [0.5, 0.6) is 0 Å². The number of ether oxygens (including phenoxy) is 3. The van der Waals surface area contributed by atoms with Gasteiger partial charge in [0.05, 0.1) is 0 Å². The number of esters is 3. The van der Waals surface area contributed by atoms with E-state index in [1.165, 1.54) is 186 Å². The molecule has 0 saturated heterocycles. The Morgan fingerprint density at radius 1 is 0.328 bits per heavy atom. The molecule has 0 bridgehead atoms. The lowest BCUT2D eigenvalue weighted by atomic mass is 10.0. The van der Waals surface area contributed by atoms with Crippen molar-refractivity contribution in [1.29, 1.82) is 0 Å². The molecule has 0 spiro atoms. The minimum atomic E-state index is -0.759. The summed E-state index contributed by atoms with van der Waals surface area (Å²) in [6.45, 7) is 9.00. The van der Waals surface area contributed by atoms with E-state index in [2.05, 4.69) is 27.7 Å². The molecule has 0 rings (SSSR count). The normalized spacial score (nSPS) is 11.9. The van der Waals surface area contributed by atoms with Gasteiger partial charge in [0.25, 0.3) is 0 Å². The maximum Gasteiger partial charge on any atom is 0.306 e. The van der Waals surface area contributed by atoms with E-state index in [-0.39, 0.29) is 31.1 Å². The van der Waals surface area contributed by atoms with Crippen molar-refractivity contribution in [2.75, 3.05) is 13.2 Å². The second-order valence-corrected chi connectivity index (χ2v) is 18.3. The highest BCUT2D eigenvalue weighted by Gasteiger charge is 2.19. The molecular formula is C52H100O6. The molecule has 0 aromatic carbocycles. The van der Waals surface area contributed by atoms with Gasteiger partial charge in [-0.2, -0.15) is 0 Å². The molecule has 6 heteroatoms. The van der Waals surface area contributed by atoms with Crippen LogP contribution in [-0.4, -0.2) is 37.2 Å². The molecular weight excluding hydrogens is 721 g/mol. The lowest BCUT2D eigenvalue weighted by Gasteiger charge is -2.18. The van der Waals surface area contributed by atoms with Gasteiger partial charge in [-0.1, -0.05) is 252 Å². The zero-order valence-electron chi connectivity index (χ0n) is 39.5. The minimum Gasteiger partial charge on any atom is -0.462 e. The van der Waals surface area contributed by atoms with Crippen LogP contribution in [0.1, 0.15) is 291 Å². The second kappa shape index (κ2) is 46.5. The van der Waals surface area contributed by atoms with Crippen molar-refractivity contribution in [3.8, 4) is 0 Å². The Hall–Kier alpha value is -1.59. The standard InChI is InChI=1S/C52H100O6/c1-5-7-9-11-13-14-15-16-18-22-25-28-32-35-39-43-50(53)56-46-49(58-52(55)45-41-37-30-12-10-8-6-2)47-57-51(54)44-40-36-33-29-26-23-20-17-19-21-24-27-31-34-38-42-48(3)4/h48-49H,5-47H2,1-4H3/t49-/m0/s1. The van der Waals surface area contributed by atoms with Crippen molar-refractivity contribution in [3.05, 3.63) is 0 Å². The average Bonchev–Trinajstić information content (AvgIpc) is 3.21. The molecule has 344 valence electrons. The smallest absolute Gasteiger partial charge is 0.306 e. The van der Waals surface area contributed by atoms with Gasteiger partial charge in [-0.15, -0.1) is 0 Å². The summed E-state index contributed by atoms with van der Waals surface area (Å²) in [5.41, 5.74) is 0. The molecule has 0 aliphatic rings. The molecule has 0 heterocycles. The maximum atomic E-state index is 12.7. The zero-order valence-corrected chi connectivity index (χ0v) is 39.5. The topological polar surface area (TPSA) is 78.9 Å². The van der Waals surface area contributed by atoms with Crippen LogP contribution in [0.4, 0.5) is 0 Å². The molecule has 0 aromatic rings. The molecule has 0 unspecified atom stereocenters. The summed E-state index contributed by atoms with van der Waals surface area (Å²) in [5.74, 6) is -0.00204. The Bertz CT molecular complexity index is 872. The Kier molecular flexibility index (Phi) is 45.2. The van der Waals surface area contributed by atoms with E-state index >= 15 is 0 Å². The van der Waals surface area contributed by atoms with Gasteiger partial charge in [-0.25, -0.2) is 0 Å². The fourth-order valence-corrected chi connectivity index (χ4v) is 7.86. The third kappa shape index (κ3) is 45.5. The van der Waals surface area contributed by atoms with E-state index in [0.29, 0.717) is 19.3 Å². The lowest BCUT2D eigenvalue weighted by Crippen LogP contribution is -2.30. The third-order valence-electron chi connectivity index (χ3n) is 11.8. The van der Waals surface area contributed by atoms with Crippen molar-refractivity contribution in [2.24, 2.45) is 5.92 Å². The molecule has 0 N–H and O–H groups in total. The van der Waals surface area contributed by atoms with Gasteiger partial charge in [0, 0.05) is 19.3 Å². The SMILES string of the molecule is CCCCCCCCCCCCCCCCCC(=O)OC[C@@H](COC(=O)CCCCCCCCCCCCCCCCCC(C)C)OC(=O)CCCCCCCCC. The minimum absolute atomic E-state index is 0.0633. The zero-order chi connectivity index (χ0) is 42.4. The van der Waals surface area contributed by atoms with Gasteiger partial charge < -0.3 is 14.2 Å². The van der Waals surface area contributed by atoms with Crippen LogP contribution in [0.2, 0.25) is 0 Å². The van der Waals surface area contributed by atoms with Crippen molar-refractivity contribution in [3.63, 3.8) is 0 Å². The third-order valence-corrected chi connectivity index (χ3v) is 11.8. The molecule has 0 aliphatic heterocycles. The molecule has 0 aromatic heterocycles. The van der Waals surface area contributed by atoms with Crippen molar-refractivity contribution in [1.82, 2.24) is 0 Å². The number of hydrogen-bond donors (Lipinski definition) is 0. The second-order valence-electron chi connectivity index (χ2n) is 18.3. The predicted octanol–water partition coefficient (Wildman–Crippen LogP) is 16.7. The van der Waals surface area contributed by atoms with Gasteiger partial charge in [-0.3, -0.25) is 14.4 Å². The van der Waals surface area contributed by atoms with Gasteiger partial charge in [-0.05, 0) is 25.2 Å². The summed E-state index contributed by atoms with van der Waals surface area (Å²) in [4.78, 5) is 37.8. The number of carbonyl (C=O) groups is 3. The van der Waals surface area contributed by atoms with Crippen LogP contribution in [0.15, 0.2) is 0 Å². The largest absolute Gasteiger partial charge is 0.462 e. The van der Waals surface area contributed by atoms with Crippen LogP contribution < -0.4 is 0 Å². The molecule has 0 amide bonds. The Morgan fingerprint density at radius 3 is 0.845 bits per heavy atom. The first kappa shape index (κ1) is 56.4.